The van der Waals surface area contributed by atoms with Crippen molar-refractivity contribution < 1.29 is 4.74 Å². The lowest BCUT2D eigenvalue weighted by atomic mass is 10.2. The maximum absolute atomic E-state index is 10.7. The Balaban J connectivity index is 4.73. The van der Waals surface area contributed by atoms with Crippen LogP contribution >= 0.6 is 0 Å². The molecule has 0 aromatic rings. The Kier molecular flexibility index (Phi) is 5.80. The number of nitrogens with zero attached hydrogens (tertiary/aromatic N) is 2. The van der Waals surface area contributed by atoms with Gasteiger partial charge >= 0.3 is 0 Å². The van der Waals surface area contributed by atoms with Crippen LogP contribution in [0.4, 0.5) is 0 Å². The normalized spacial score (nSPS) is 14.6. The Hall–Kier alpha value is -1.82. The topological polar surface area (TPSA) is 38.4 Å². The first-order chi connectivity index (χ1) is 6.60. The van der Waals surface area contributed by atoms with Crippen molar-refractivity contribution >= 4 is 12.4 Å². The third-order valence-electron chi connectivity index (χ3n) is 1.35. The molecule has 0 aliphatic carbocycles. The molecule has 0 radical (unpaired) electrons. The summed E-state index contributed by atoms with van der Waals surface area (Å²) in [7, 11) is 3.08. The highest BCUT2D eigenvalue weighted by molar-refractivity contribution is 5.83. The van der Waals surface area contributed by atoms with Gasteiger partial charge in [-0.2, -0.15) is 0 Å². The lowest BCUT2D eigenvalue weighted by molar-refractivity contribution is -0.416. The predicted molar refractivity (Wildman–Crippen MR) is 60.7 cm³/mol. The Morgan fingerprint density at radius 1 is 1.50 bits per heavy atom. The van der Waals surface area contributed by atoms with Crippen LogP contribution in [-0.4, -0.2) is 31.3 Å². The quantitative estimate of drug-likeness (QED) is 0.165. The fourth-order valence-corrected chi connectivity index (χ4v) is 0.792. The number of rotatable bonds is 3. The van der Waals surface area contributed by atoms with Crippen molar-refractivity contribution in [1.82, 2.24) is 0 Å². The van der Waals surface area contributed by atoms with Gasteiger partial charge in [0.1, 0.15) is 7.05 Å². The second-order valence-electron chi connectivity index (χ2n) is 2.74. The number of allylic oxidation sites excluding steroid dienone is 4. The van der Waals surface area contributed by atoms with Gasteiger partial charge < -0.3 is 5.21 Å². The van der Waals surface area contributed by atoms with Crippen LogP contribution in [0.15, 0.2) is 28.3 Å². The number of terminal acetylenes is 1. The molecule has 0 saturated carbocycles. The summed E-state index contributed by atoms with van der Waals surface area (Å²) in [5.74, 6) is 2.41. The second-order valence-corrected chi connectivity index (χ2v) is 2.74. The van der Waals surface area contributed by atoms with Crippen LogP contribution < -0.4 is 0 Å². The van der Waals surface area contributed by atoms with E-state index in [4.69, 9.17) is 6.42 Å². The Bertz CT molecular complexity index is 337. The van der Waals surface area contributed by atoms with Crippen LogP contribution in [0.25, 0.3) is 0 Å². The molecular weight excluding hydrogens is 176 g/mol. The standard InChI is InChI=1S/C11H14N2O/c1-5-11(9-13(4)14)7-6-10(2)8-12-3/h1,6-9H,2-4H3/b10-6+,11-7+,12-8?,13-9-. The van der Waals surface area contributed by atoms with E-state index in [9.17, 15) is 5.21 Å². The fraction of sp³-hybridized carbons (Fsp3) is 0.273. The van der Waals surface area contributed by atoms with E-state index in [0.717, 1.165) is 5.57 Å². The van der Waals surface area contributed by atoms with E-state index < -0.39 is 0 Å². The van der Waals surface area contributed by atoms with Gasteiger partial charge in [-0.05, 0) is 18.6 Å². The maximum atomic E-state index is 10.7. The molecule has 14 heavy (non-hydrogen) atoms. The highest BCUT2D eigenvalue weighted by Gasteiger charge is 1.89. The van der Waals surface area contributed by atoms with Crippen LogP contribution in [0.1, 0.15) is 6.92 Å². The van der Waals surface area contributed by atoms with Gasteiger partial charge in [0, 0.05) is 13.3 Å². The Morgan fingerprint density at radius 2 is 2.14 bits per heavy atom. The summed E-state index contributed by atoms with van der Waals surface area (Å²) in [5.41, 5.74) is 1.51. The summed E-state index contributed by atoms with van der Waals surface area (Å²) in [6, 6.07) is 0. The molecule has 0 N–H and O–H groups in total. The van der Waals surface area contributed by atoms with Crippen molar-refractivity contribution in [2.75, 3.05) is 14.1 Å². The molecule has 3 heteroatoms. The van der Waals surface area contributed by atoms with Crippen molar-refractivity contribution in [3.63, 3.8) is 0 Å². The first kappa shape index (κ1) is 12.2. The van der Waals surface area contributed by atoms with Gasteiger partial charge in [-0.3, -0.25) is 4.99 Å². The summed E-state index contributed by atoms with van der Waals surface area (Å²) >= 11 is 0. The molecule has 0 fully saturated rings. The summed E-state index contributed by atoms with van der Waals surface area (Å²) in [4.78, 5) is 3.84. The number of hydrogen-bond acceptors (Lipinski definition) is 2. The van der Waals surface area contributed by atoms with Crippen LogP contribution in [0, 0.1) is 17.6 Å². The molecule has 0 aromatic carbocycles. The molecule has 0 aromatic heterocycles. The molecule has 0 spiro atoms. The summed E-state index contributed by atoms with van der Waals surface area (Å²) in [5, 5.41) is 10.7. The van der Waals surface area contributed by atoms with E-state index in [-0.39, 0.29) is 0 Å². The van der Waals surface area contributed by atoms with Crippen LogP contribution in [0.2, 0.25) is 0 Å². The molecule has 0 unspecified atom stereocenters. The van der Waals surface area contributed by atoms with Crippen molar-refractivity contribution in [2.24, 2.45) is 4.99 Å². The first-order valence-corrected chi connectivity index (χ1v) is 4.12. The second kappa shape index (κ2) is 6.67. The van der Waals surface area contributed by atoms with E-state index in [1.54, 1.807) is 19.3 Å². The lowest BCUT2D eigenvalue weighted by Gasteiger charge is -1.93. The molecule has 0 heterocycles. The number of hydroxylamine groups is 1. The van der Waals surface area contributed by atoms with Gasteiger partial charge in [-0.15, -0.1) is 6.42 Å². The highest BCUT2D eigenvalue weighted by atomic mass is 16.5. The molecule has 0 aliphatic rings. The molecule has 74 valence electrons. The molecule has 0 bridgehead atoms. The Morgan fingerprint density at radius 3 is 2.57 bits per heavy atom. The zero-order valence-corrected chi connectivity index (χ0v) is 8.69. The molecule has 0 aliphatic heterocycles. The molecule has 3 nitrogen and oxygen atoms in total. The minimum Gasteiger partial charge on any atom is -0.624 e. The van der Waals surface area contributed by atoms with Crippen molar-refractivity contribution in [3.8, 4) is 12.3 Å². The Labute approximate surface area is 84.8 Å². The van der Waals surface area contributed by atoms with Crippen LogP contribution in [-0.2, 0) is 0 Å². The smallest absolute Gasteiger partial charge is 0.190 e. The highest BCUT2D eigenvalue weighted by Crippen LogP contribution is 1.93. The zero-order chi connectivity index (χ0) is 11.0. The molecule has 0 atom stereocenters. The average Bonchev–Trinajstić information content (AvgIpc) is 2.12. The monoisotopic (exact) mass is 190 g/mol. The van der Waals surface area contributed by atoms with Gasteiger partial charge in [0.2, 0.25) is 0 Å². The average molecular weight is 190 g/mol. The third-order valence-corrected chi connectivity index (χ3v) is 1.35. The van der Waals surface area contributed by atoms with Gasteiger partial charge in [-0.1, -0.05) is 12.0 Å². The fourth-order valence-electron chi connectivity index (χ4n) is 0.792. The van der Waals surface area contributed by atoms with Crippen LogP contribution in [0.3, 0.4) is 0 Å². The number of hydrogen-bond donors (Lipinski definition) is 0. The van der Waals surface area contributed by atoms with E-state index in [0.29, 0.717) is 10.3 Å². The van der Waals surface area contributed by atoms with Crippen LogP contribution in [0.5, 0.6) is 0 Å². The van der Waals surface area contributed by atoms with E-state index >= 15 is 0 Å². The predicted octanol–water partition coefficient (Wildman–Crippen LogP) is 1.40. The lowest BCUT2D eigenvalue weighted by Crippen LogP contribution is -1.97. The van der Waals surface area contributed by atoms with E-state index in [1.807, 2.05) is 13.0 Å². The van der Waals surface area contributed by atoms with Gasteiger partial charge in [0.15, 0.2) is 6.21 Å². The van der Waals surface area contributed by atoms with Crippen molar-refractivity contribution in [3.05, 3.63) is 28.5 Å². The largest absolute Gasteiger partial charge is 0.624 e. The first-order valence-electron chi connectivity index (χ1n) is 4.12. The van der Waals surface area contributed by atoms with Crippen molar-refractivity contribution in [1.29, 1.82) is 0 Å². The minimum absolute atomic E-state index is 0.534. The van der Waals surface area contributed by atoms with Gasteiger partial charge in [0.05, 0.1) is 5.57 Å². The summed E-state index contributed by atoms with van der Waals surface area (Å²) in [6.07, 6.45) is 11.8. The van der Waals surface area contributed by atoms with Gasteiger partial charge in [-0.25, -0.2) is 4.74 Å². The van der Waals surface area contributed by atoms with Crippen molar-refractivity contribution in [2.45, 2.75) is 6.92 Å². The SMILES string of the molecule is C#CC(/C=[N+](/C)[O-])=C\C=C(/C)C=NC. The molecule has 0 rings (SSSR count). The van der Waals surface area contributed by atoms with E-state index in [2.05, 4.69) is 10.9 Å². The van der Waals surface area contributed by atoms with Gasteiger partial charge in [0.25, 0.3) is 0 Å². The minimum atomic E-state index is 0.534. The number of aliphatic imine (C=N–C) groups is 1. The molecule has 0 saturated heterocycles. The molecular formula is C11H14N2O. The maximum Gasteiger partial charge on any atom is 0.190 e. The van der Waals surface area contributed by atoms with E-state index in [1.165, 1.54) is 13.3 Å². The summed E-state index contributed by atoms with van der Waals surface area (Å²) in [6.45, 7) is 1.90. The third kappa shape index (κ3) is 5.78. The zero-order valence-electron chi connectivity index (χ0n) is 8.69. The summed E-state index contributed by atoms with van der Waals surface area (Å²) < 4.78 is 0.669. The molecule has 0 amide bonds.